The minimum absolute atomic E-state index is 0.0320. The fraction of sp³-hybridized carbons (Fsp3) is 0.0476. The summed E-state index contributed by atoms with van der Waals surface area (Å²) in [5.41, 5.74) is -0.0298. The molecule has 0 amide bonds. The Kier molecular flexibility index (Phi) is 6.78. The number of benzene rings is 3. The third-order valence-electron chi connectivity index (χ3n) is 4.37. The summed E-state index contributed by atoms with van der Waals surface area (Å²) >= 11 is 24.9. The minimum atomic E-state index is -2.18. The van der Waals surface area contributed by atoms with Crippen LogP contribution in [0.4, 0.5) is 0 Å². The third kappa shape index (κ3) is 3.86. The molecule has 0 aliphatic rings. The average molecular weight is 484 g/mol. The molecule has 0 spiro atoms. The Bertz CT molecular complexity index is 1010. The van der Waals surface area contributed by atoms with E-state index in [1.165, 1.54) is 36.4 Å². The molecule has 146 valence electrons. The molecule has 0 radical (unpaired) electrons. The van der Waals surface area contributed by atoms with Crippen LogP contribution in [0.2, 0.25) is 20.1 Å². The Labute approximate surface area is 188 Å². The summed E-state index contributed by atoms with van der Waals surface area (Å²) in [6, 6.07) is 17.0. The molecule has 3 aromatic carbocycles. The van der Waals surface area contributed by atoms with Crippen LogP contribution < -0.4 is 0 Å². The molecule has 8 heteroatoms. The van der Waals surface area contributed by atoms with Gasteiger partial charge in [-0.1, -0.05) is 88.9 Å². The molecule has 3 nitrogen and oxygen atoms in total. The molecule has 0 aromatic heterocycles. The molecule has 0 unspecified atom stereocenters. The van der Waals surface area contributed by atoms with E-state index < -0.39 is 25.2 Å². The molecule has 0 saturated heterocycles. The van der Waals surface area contributed by atoms with E-state index in [2.05, 4.69) is 0 Å². The first-order valence-electron chi connectivity index (χ1n) is 8.22. The molecule has 3 aromatic rings. The van der Waals surface area contributed by atoms with Crippen LogP contribution in [0.15, 0.2) is 66.7 Å². The van der Waals surface area contributed by atoms with Crippen LogP contribution in [-0.4, -0.2) is 11.6 Å². The van der Waals surface area contributed by atoms with Crippen molar-refractivity contribution >= 4 is 66.4 Å². The van der Waals surface area contributed by atoms with E-state index in [-0.39, 0.29) is 36.8 Å². The fourth-order valence-corrected chi connectivity index (χ4v) is 4.75. The van der Waals surface area contributed by atoms with Crippen LogP contribution in [0.5, 0.6) is 0 Å². The number of Topliss-reactive ketones (excluding diaryl/α,β-unsaturated/α-hetero) is 2. The zero-order chi connectivity index (χ0) is 21.2. The molecule has 0 heterocycles. The van der Waals surface area contributed by atoms with Gasteiger partial charge in [-0.15, -0.1) is 0 Å². The lowest BCUT2D eigenvalue weighted by Gasteiger charge is -2.26. The second-order valence-corrected chi connectivity index (χ2v) is 8.50. The maximum Gasteiger partial charge on any atom is 0.201 e. The number of carbonyl (C=O) groups excluding carboxylic acids is 2. The van der Waals surface area contributed by atoms with Crippen LogP contribution in [-0.2, 0) is 9.72 Å². The molecule has 0 aliphatic carbocycles. The molecule has 0 saturated carbocycles. The smallest absolute Gasteiger partial charge is 0.201 e. The predicted molar refractivity (Wildman–Crippen MR) is 117 cm³/mol. The van der Waals surface area contributed by atoms with E-state index in [0.29, 0.717) is 0 Å². The molecule has 0 N–H and O–H groups in total. The van der Waals surface area contributed by atoms with Gasteiger partial charge >= 0.3 is 0 Å². The van der Waals surface area contributed by atoms with Crippen molar-refractivity contribution in [3.05, 3.63) is 104 Å². The van der Waals surface area contributed by atoms with E-state index >= 15 is 0 Å². The highest BCUT2D eigenvalue weighted by atomic mass is 35.5. The van der Waals surface area contributed by atoms with Gasteiger partial charge in [-0.05, 0) is 29.8 Å². The lowest BCUT2D eigenvalue weighted by atomic mass is 9.83. The topological polar surface area (TPSA) is 51.2 Å². The molecular formula is C21H11Cl4O3P. The highest BCUT2D eigenvalue weighted by molar-refractivity contribution is 7.29. The van der Waals surface area contributed by atoms with Crippen LogP contribution in [0.1, 0.15) is 26.3 Å². The van der Waals surface area contributed by atoms with E-state index in [4.69, 9.17) is 46.4 Å². The monoisotopic (exact) mass is 482 g/mol. The molecule has 3 rings (SSSR count). The maximum absolute atomic E-state index is 13.7. The van der Waals surface area contributed by atoms with Crippen molar-refractivity contribution in [2.75, 3.05) is 0 Å². The van der Waals surface area contributed by atoms with E-state index in [1.807, 2.05) is 0 Å². The van der Waals surface area contributed by atoms with Gasteiger partial charge in [0.2, 0.25) is 5.16 Å². The standard InChI is InChI=1S/C21H11Cl4O3P/c22-13-8-4-9-14(23)17(13)19(26)21(29-28,12-6-2-1-3-7-12)20(27)18-15(24)10-5-11-16(18)25/h1-11H. The average Bonchev–Trinajstić information content (AvgIpc) is 2.69. The second kappa shape index (κ2) is 8.95. The van der Waals surface area contributed by atoms with Gasteiger partial charge in [0, 0.05) is 0 Å². The van der Waals surface area contributed by atoms with Crippen molar-refractivity contribution in [3.8, 4) is 0 Å². The summed E-state index contributed by atoms with van der Waals surface area (Å²) in [5.74, 6) is -1.64. The Balaban J connectivity index is 2.36. The highest BCUT2D eigenvalue weighted by Crippen LogP contribution is 2.46. The second-order valence-electron chi connectivity index (χ2n) is 6.02. The number of hydrogen-bond donors (Lipinski definition) is 0. The van der Waals surface area contributed by atoms with Crippen molar-refractivity contribution in [1.29, 1.82) is 0 Å². The fourth-order valence-electron chi connectivity index (χ4n) is 2.97. The van der Waals surface area contributed by atoms with Crippen LogP contribution in [0.25, 0.3) is 0 Å². The number of hydrogen-bond acceptors (Lipinski definition) is 3. The molecule has 29 heavy (non-hydrogen) atoms. The minimum Gasteiger partial charge on any atom is -0.292 e. The van der Waals surface area contributed by atoms with Crippen molar-refractivity contribution in [1.82, 2.24) is 0 Å². The summed E-state index contributed by atoms with van der Waals surface area (Å²) in [4.78, 5) is 27.4. The molecule has 0 aliphatic heterocycles. The van der Waals surface area contributed by atoms with Gasteiger partial charge in [0.05, 0.1) is 31.2 Å². The highest BCUT2D eigenvalue weighted by Gasteiger charge is 2.51. The quantitative estimate of drug-likeness (QED) is 0.206. The van der Waals surface area contributed by atoms with Crippen molar-refractivity contribution in [2.24, 2.45) is 0 Å². The first-order chi connectivity index (χ1) is 13.8. The van der Waals surface area contributed by atoms with E-state index in [0.717, 1.165) is 0 Å². The number of rotatable bonds is 6. The third-order valence-corrected chi connectivity index (χ3v) is 6.56. The Morgan fingerprint density at radius 2 is 1.00 bits per heavy atom. The number of ketones is 2. The zero-order valence-corrected chi connectivity index (χ0v) is 18.5. The molecule has 0 atom stereocenters. The number of halogens is 4. The Morgan fingerprint density at radius 1 is 0.621 bits per heavy atom. The summed E-state index contributed by atoms with van der Waals surface area (Å²) in [7, 11) is -0.781. The lowest BCUT2D eigenvalue weighted by molar-refractivity contribution is 0.0832. The van der Waals surface area contributed by atoms with Gasteiger partial charge in [-0.3, -0.25) is 14.2 Å². The van der Waals surface area contributed by atoms with Crippen molar-refractivity contribution in [3.63, 3.8) is 0 Å². The Morgan fingerprint density at radius 3 is 1.34 bits per heavy atom. The summed E-state index contributed by atoms with van der Waals surface area (Å²) in [6.07, 6.45) is 0. The van der Waals surface area contributed by atoms with Crippen molar-refractivity contribution < 1.29 is 14.2 Å². The normalized spacial score (nSPS) is 11.4. The first-order valence-corrected chi connectivity index (χ1v) is 10.5. The van der Waals surface area contributed by atoms with Gasteiger partial charge < -0.3 is 0 Å². The van der Waals surface area contributed by atoms with E-state index in [1.54, 1.807) is 30.3 Å². The first kappa shape index (κ1) is 22.0. The van der Waals surface area contributed by atoms with Gasteiger partial charge in [-0.25, -0.2) is 0 Å². The van der Waals surface area contributed by atoms with Gasteiger partial charge in [0.25, 0.3) is 0 Å². The van der Waals surface area contributed by atoms with Gasteiger partial charge in [-0.2, -0.15) is 0 Å². The van der Waals surface area contributed by atoms with E-state index in [9.17, 15) is 14.2 Å². The van der Waals surface area contributed by atoms with Crippen LogP contribution >= 0.6 is 54.9 Å². The summed E-state index contributed by atoms with van der Waals surface area (Å²) < 4.78 is 12.6. The summed E-state index contributed by atoms with van der Waals surface area (Å²) in [6.45, 7) is 0. The largest absolute Gasteiger partial charge is 0.292 e. The SMILES string of the molecule is O=PC(C(=O)c1c(Cl)cccc1Cl)(C(=O)c1c(Cl)cccc1Cl)c1ccccc1. The van der Waals surface area contributed by atoms with Crippen LogP contribution in [0, 0.1) is 0 Å². The molecule has 0 fully saturated rings. The van der Waals surface area contributed by atoms with Crippen molar-refractivity contribution in [2.45, 2.75) is 5.16 Å². The number of carbonyl (C=O) groups is 2. The lowest BCUT2D eigenvalue weighted by Crippen LogP contribution is -2.39. The zero-order valence-electron chi connectivity index (χ0n) is 14.5. The maximum atomic E-state index is 13.7. The van der Waals surface area contributed by atoms with Gasteiger partial charge in [0.15, 0.2) is 20.0 Å². The summed E-state index contributed by atoms with van der Waals surface area (Å²) in [5, 5.41) is -2.05. The predicted octanol–water partition coefficient (Wildman–Crippen LogP) is 7.55. The molecule has 0 bridgehead atoms. The molecular weight excluding hydrogens is 473 g/mol. The van der Waals surface area contributed by atoms with Gasteiger partial charge in [0.1, 0.15) is 0 Å². The Hall–Kier alpha value is -1.74. The van der Waals surface area contributed by atoms with Crippen LogP contribution in [0.3, 0.4) is 0 Å².